The van der Waals surface area contributed by atoms with Crippen LogP contribution in [-0.2, 0) is 0 Å². The summed E-state index contributed by atoms with van der Waals surface area (Å²) in [6.45, 7) is 0. The highest BCUT2D eigenvalue weighted by molar-refractivity contribution is 5.92. The van der Waals surface area contributed by atoms with E-state index in [1.807, 2.05) is 0 Å². The van der Waals surface area contributed by atoms with Gasteiger partial charge >= 0.3 is 5.97 Å². The number of nitrogens with zero attached hydrogens (tertiary/aromatic N) is 1. The molecule has 0 unspecified atom stereocenters. The van der Waals surface area contributed by atoms with Gasteiger partial charge in [0.1, 0.15) is 11.3 Å². The first kappa shape index (κ1) is 11.9. The number of carbonyl (C=O) groups is 1. The lowest BCUT2D eigenvalue weighted by atomic mass is 10.0. The van der Waals surface area contributed by atoms with Crippen molar-refractivity contribution in [1.82, 2.24) is 4.98 Å². The maximum Gasteiger partial charge on any atom is 0.339 e. The highest BCUT2D eigenvalue weighted by Crippen LogP contribution is 2.27. The van der Waals surface area contributed by atoms with Gasteiger partial charge in [0.2, 0.25) is 5.88 Å². The van der Waals surface area contributed by atoms with Gasteiger partial charge in [-0.1, -0.05) is 6.07 Å². The van der Waals surface area contributed by atoms with Crippen molar-refractivity contribution >= 4 is 5.97 Å². The Labute approximate surface area is 103 Å². The number of aromatic hydroxyl groups is 1. The number of carboxylic acids is 1. The summed E-state index contributed by atoms with van der Waals surface area (Å²) in [7, 11) is 1.51. The number of hydrogen-bond donors (Lipinski definition) is 2. The van der Waals surface area contributed by atoms with Crippen molar-refractivity contribution in [2.75, 3.05) is 7.11 Å². The Morgan fingerprint density at radius 2 is 1.94 bits per heavy atom. The molecule has 0 saturated heterocycles. The number of aromatic carboxylic acids is 1. The van der Waals surface area contributed by atoms with Gasteiger partial charge in [-0.15, -0.1) is 0 Å². The molecule has 0 spiro atoms. The minimum Gasteiger partial charge on any atom is -0.507 e. The highest BCUT2D eigenvalue weighted by Gasteiger charge is 2.11. The van der Waals surface area contributed by atoms with Crippen LogP contribution in [0.2, 0.25) is 0 Å². The first-order valence-corrected chi connectivity index (χ1v) is 5.18. The molecule has 0 bridgehead atoms. The number of ether oxygens (including phenoxy) is 1. The Morgan fingerprint density at radius 3 is 2.61 bits per heavy atom. The second kappa shape index (κ2) is 4.75. The zero-order valence-corrected chi connectivity index (χ0v) is 9.62. The summed E-state index contributed by atoms with van der Waals surface area (Å²) < 4.78 is 5.00. The summed E-state index contributed by atoms with van der Waals surface area (Å²) in [6.07, 6.45) is 1.57. The largest absolute Gasteiger partial charge is 0.507 e. The summed E-state index contributed by atoms with van der Waals surface area (Å²) in [4.78, 5) is 14.9. The number of benzene rings is 1. The summed E-state index contributed by atoms with van der Waals surface area (Å²) in [5.74, 6) is -0.986. The topological polar surface area (TPSA) is 79.7 Å². The fourth-order valence-corrected chi connectivity index (χ4v) is 1.59. The van der Waals surface area contributed by atoms with Gasteiger partial charge < -0.3 is 14.9 Å². The van der Waals surface area contributed by atoms with Crippen LogP contribution in [-0.4, -0.2) is 28.3 Å². The average molecular weight is 245 g/mol. The van der Waals surface area contributed by atoms with Crippen molar-refractivity contribution in [3.8, 4) is 22.8 Å². The van der Waals surface area contributed by atoms with Gasteiger partial charge in [-0.25, -0.2) is 9.78 Å². The summed E-state index contributed by atoms with van der Waals surface area (Å²) in [5.41, 5.74) is 1.30. The molecule has 5 heteroatoms. The molecule has 0 saturated carbocycles. The van der Waals surface area contributed by atoms with E-state index < -0.39 is 5.97 Å². The Kier molecular flexibility index (Phi) is 3.14. The molecule has 0 amide bonds. The van der Waals surface area contributed by atoms with Crippen molar-refractivity contribution in [2.45, 2.75) is 0 Å². The zero-order chi connectivity index (χ0) is 13.1. The maximum atomic E-state index is 10.9. The third-order valence-corrected chi connectivity index (χ3v) is 2.50. The number of rotatable bonds is 3. The summed E-state index contributed by atoms with van der Waals surface area (Å²) in [5, 5.41) is 18.4. The van der Waals surface area contributed by atoms with E-state index in [4.69, 9.17) is 9.84 Å². The van der Waals surface area contributed by atoms with Crippen LogP contribution in [0.15, 0.2) is 36.5 Å². The van der Waals surface area contributed by atoms with E-state index in [2.05, 4.69) is 4.98 Å². The van der Waals surface area contributed by atoms with Crippen LogP contribution < -0.4 is 4.74 Å². The van der Waals surface area contributed by atoms with E-state index in [-0.39, 0.29) is 11.3 Å². The second-order valence-corrected chi connectivity index (χ2v) is 3.62. The molecule has 2 N–H and O–H groups in total. The molecule has 0 aliphatic heterocycles. The van der Waals surface area contributed by atoms with E-state index in [0.29, 0.717) is 11.4 Å². The van der Waals surface area contributed by atoms with E-state index in [0.717, 1.165) is 5.56 Å². The molecule has 0 atom stereocenters. The molecular formula is C13H11NO4. The molecule has 5 nitrogen and oxygen atoms in total. The third-order valence-electron chi connectivity index (χ3n) is 2.50. The Hall–Kier alpha value is -2.56. The minimum atomic E-state index is -1.17. The molecule has 92 valence electrons. The third kappa shape index (κ3) is 2.24. The highest BCUT2D eigenvalue weighted by atomic mass is 16.5. The number of carboxylic acid groups (broad SMARTS) is 1. The molecular weight excluding hydrogens is 234 g/mol. The van der Waals surface area contributed by atoms with Crippen LogP contribution >= 0.6 is 0 Å². The first-order valence-electron chi connectivity index (χ1n) is 5.18. The Morgan fingerprint density at radius 1 is 1.22 bits per heavy atom. The lowest BCUT2D eigenvalue weighted by Crippen LogP contribution is -1.97. The van der Waals surface area contributed by atoms with Crippen LogP contribution in [0.3, 0.4) is 0 Å². The van der Waals surface area contributed by atoms with Gasteiger partial charge in [0.05, 0.1) is 7.11 Å². The van der Waals surface area contributed by atoms with Gasteiger partial charge in [0.25, 0.3) is 0 Å². The van der Waals surface area contributed by atoms with Gasteiger partial charge in [-0.05, 0) is 29.3 Å². The number of pyridine rings is 1. The average Bonchev–Trinajstić information content (AvgIpc) is 2.39. The first-order chi connectivity index (χ1) is 8.61. The molecule has 0 radical (unpaired) electrons. The van der Waals surface area contributed by atoms with Crippen LogP contribution in [0.4, 0.5) is 0 Å². The van der Waals surface area contributed by atoms with E-state index in [1.165, 1.54) is 19.2 Å². The maximum absolute atomic E-state index is 10.9. The van der Waals surface area contributed by atoms with Crippen molar-refractivity contribution in [3.63, 3.8) is 0 Å². The molecule has 0 fully saturated rings. The molecule has 2 aromatic rings. The van der Waals surface area contributed by atoms with Crippen molar-refractivity contribution in [1.29, 1.82) is 0 Å². The monoisotopic (exact) mass is 245 g/mol. The predicted molar refractivity (Wildman–Crippen MR) is 64.8 cm³/mol. The number of methoxy groups -OCH3 is 1. The number of aromatic nitrogens is 1. The van der Waals surface area contributed by atoms with Crippen molar-refractivity contribution in [3.05, 3.63) is 42.1 Å². The van der Waals surface area contributed by atoms with Gasteiger partial charge in [0, 0.05) is 12.3 Å². The van der Waals surface area contributed by atoms with Crippen LogP contribution in [0.25, 0.3) is 11.1 Å². The molecule has 18 heavy (non-hydrogen) atoms. The standard InChI is InChI=1S/C13H11NO4/c1-18-12-7-9(4-5-14-12)8-2-3-11(15)10(6-8)13(16)17/h2-7,15H,1H3,(H,16,17). The zero-order valence-electron chi connectivity index (χ0n) is 9.62. The lowest BCUT2D eigenvalue weighted by molar-refractivity contribution is 0.0694. The molecule has 0 aliphatic carbocycles. The minimum absolute atomic E-state index is 0.136. The number of phenols is 1. The molecule has 2 rings (SSSR count). The SMILES string of the molecule is COc1cc(-c2ccc(O)c(C(=O)O)c2)ccn1. The van der Waals surface area contributed by atoms with E-state index in [9.17, 15) is 9.90 Å². The Balaban J connectivity index is 2.50. The second-order valence-electron chi connectivity index (χ2n) is 3.62. The van der Waals surface area contributed by atoms with Crippen molar-refractivity contribution in [2.24, 2.45) is 0 Å². The fourth-order valence-electron chi connectivity index (χ4n) is 1.59. The Bertz CT molecular complexity index is 595. The van der Waals surface area contributed by atoms with E-state index in [1.54, 1.807) is 24.4 Å². The lowest BCUT2D eigenvalue weighted by Gasteiger charge is -2.06. The number of hydrogen-bond acceptors (Lipinski definition) is 4. The van der Waals surface area contributed by atoms with Crippen molar-refractivity contribution < 1.29 is 19.7 Å². The van der Waals surface area contributed by atoms with Crippen LogP contribution in [0, 0.1) is 0 Å². The normalized spacial score (nSPS) is 10.1. The van der Waals surface area contributed by atoms with E-state index >= 15 is 0 Å². The van der Waals surface area contributed by atoms with Crippen LogP contribution in [0.5, 0.6) is 11.6 Å². The summed E-state index contributed by atoms with van der Waals surface area (Å²) >= 11 is 0. The predicted octanol–water partition coefficient (Wildman–Crippen LogP) is 2.16. The summed E-state index contributed by atoms with van der Waals surface area (Å²) in [6, 6.07) is 7.83. The molecule has 1 aromatic carbocycles. The van der Waals surface area contributed by atoms with Crippen LogP contribution in [0.1, 0.15) is 10.4 Å². The quantitative estimate of drug-likeness (QED) is 0.866. The molecule has 1 aromatic heterocycles. The molecule has 1 heterocycles. The van der Waals surface area contributed by atoms with Gasteiger partial charge in [-0.3, -0.25) is 0 Å². The van der Waals surface area contributed by atoms with Gasteiger partial charge in [0.15, 0.2) is 0 Å². The molecule has 0 aliphatic rings. The fraction of sp³-hybridized carbons (Fsp3) is 0.0769. The van der Waals surface area contributed by atoms with Gasteiger partial charge in [-0.2, -0.15) is 0 Å². The smallest absolute Gasteiger partial charge is 0.339 e.